The van der Waals surface area contributed by atoms with Gasteiger partial charge in [0.15, 0.2) is 11.5 Å². The van der Waals surface area contributed by atoms with Gasteiger partial charge in [0.05, 0.1) is 30.5 Å². The normalized spacial score (nSPS) is 11.3. The maximum atomic E-state index is 13.5. The van der Waals surface area contributed by atoms with E-state index in [-0.39, 0.29) is 22.1 Å². The van der Waals surface area contributed by atoms with Crippen LogP contribution in [0.2, 0.25) is 0 Å². The van der Waals surface area contributed by atoms with Gasteiger partial charge in [0.2, 0.25) is 0 Å². The van der Waals surface area contributed by atoms with Crippen LogP contribution >= 0.6 is 0 Å². The van der Waals surface area contributed by atoms with Crippen molar-refractivity contribution >= 4 is 27.8 Å². The number of nitrogens with zero attached hydrogens (tertiary/aromatic N) is 2. The predicted octanol–water partition coefficient (Wildman–Crippen LogP) is 3.45. The first-order chi connectivity index (χ1) is 16.8. The number of ether oxygens (including phenoxy) is 2. The lowest BCUT2D eigenvalue weighted by Gasteiger charge is -2.25. The molecule has 0 aliphatic rings. The largest absolute Gasteiger partial charge is 0.504 e. The Morgan fingerprint density at radius 2 is 1.83 bits per heavy atom. The standard InChI is InChI=1S/C25H27N3O6S/c1-4-34-24-15-19(11-12-22(24)29)16-26-27-25(30)17-28(21-14-18(2)10-13-23(21)33-3)35(31,32)20-8-6-5-7-9-20/h5-16,29H,4,17H2,1-3H3,(H,27,30)/b26-16-. The Morgan fingerprint density at radius 1 is 1.09 bits per heavy atom. The quantitative estimate of drug-likeness (QED) is 0.327. The zero-order chi connectivity index (χ0) is 25.4. The molecule has 184 valence electrons. The molecule has 0 atom stereocenters. The molecule has 0 unspecified atom stereocenters. The third-order valence-electron chi connectivity index (χ3n) is 4.91. The SMILES string of the molecule is CCOc1cc(/C=N\NC(=O)CN(c2cc(C)ccc2OC)S(=O)(=O)c2ccccc2)ccc1O. The highest BCUT2D eigenvalue weighted by Gasteiger charge is 2.29. The average molecular weight is 498 g/mol. The number of aromatic hydroxyl groups is 1. The van der Waals surface area contributed by atoms with Crippen molar-refractivity contribution in [3.05, 3.63) is 77.9 Å². The second-order valence-corrected chi connectivity index (χ2v) is 9.32. The summed E-state index contributed by atoms with van der Waals surface area (Å²) >= 11 is 0. The summed E-state index contributed by atoms with van der Waals surface area (Å²) in [5.41, 5.74) is 3.95. The molecule has 0 aromatic heterocycles. The van der Waals surface area contributed by atoms with Gasteiger partial charge in [0.1, 0.15) is 12.3 Å². The van der Waals surface area contributed by atoms with E-state index in [0.29, 0.717) is 17.9 Å². The van der Waals surface area contributed by atoms with Gasteiger partial charge in [-0.2, -0.15) is 5.10 Å². The second-order valence-electron chi connectivity index (χ2n) is 7.45. The summed E-state index contributed by atoms with van der Waals surface area (Å²) in [6, 6.07) is 17.5. The van der Waals surface area contributed by atoms with Crippen molar-refractivity contribution in [1.29, 1.82) is 0 Å². The van der Waals surface area contributed by atoms with Crippen molar-refractivity contribution < 1.29 is 27.8 Å². The Hall–Kier alpha value is -4.05. The van der Waals surface area contributed by atoms with E-state index in [1.807, 2.05) is 6.92 Å². The van der Waals surface area contributed by atoms with Gasteiger partial charge in [0.25, 0.3) is 15.9 Å². The second kappa shape index (κ2) is 11.4. The van der Waals surface area contributed by atoms with Crippen molar-refractivity contribution in [2.24, 2.45) is 5.10 Å². The molecule has 0 spiro atoms. The lowest BCUT2D eigenvalue weighted by molar-refractivity contribution is -0.119. The maximum Gasteiger partial charge on any atom is 0.264 e. The van der Waals surface area contributed by atoms with Gasteiger partial charge in [-0.05, 0) is 67.4 Å². The summed E-state index contributed by atoms with van der Waals surface area (Å²) in [5.74, 6) is -0.0802. The fraction of sp³-hybridized carbons (Fsp3) is 0.200. The number of anilines is 1. The number of hydrazone groups is 1. The van der Waals surface area contributed by atoms with Crippen LogP contribution in [-0.2, 0) is 14.8 Å². The van der Waals surface area contributed by atoms with E-state index >= 15 is 0 Å². The fourth-order valence-electron chi connectivity index (χ4n) is 3.24. The van der Waals surface area contributed by atoms with Crippen LogP contribution < -0.4 is 19.2 Å². The molecule has 0 aliphatic carbocycles. The number of hydrogen-bond acceptors (Lipinski definition) is 7. The van der Waals surface area contributed by atoms with Crippen LogP contribution in [0.15, 0.2) is 76.7 Å². The molecule has 0 bridgehead atoms. The first-order valence-electron chi connectivity index (χ1n) is 10.8. The molecule has 35 heavy (non-hydrogen) atoms. The minimum atomic E-state index is -4.10. The molecule has 2 N–H and O–H groups in total. The lowest BCUT2D eigenvalue weighted by atomic mass is 10.2. The Morgan fingerprint density at radius 3 is 2.51 bits per heavy atom. The summed E-state index contributed by atoms with van der Waals surface area (Å²) < 4.78 is 38.7. The van der Waals surface area contributed by atoms with Crippen LogP contribution in [0.3, 0.4) is 0 Å². The number of rotatable bonds is 10. The van der Waals surface area contributed by atoms with Crippen LogP contribution in [0.1, 0.15) is 18.1 Å². The van der Waals surface area contributed by atoms with Crippen LogP contribution in [-0.4, -0.2) is 45.9 Å². The zero-order valence-electron chi connectivity index (χ0n) is 19.6. The molecule has 0 saturated heterocycles. The molecular formula is C25H27N3O6S. The molecule has 0 aliphatic heterocycles. The summed E-state index contributed by atoms with van der Waals surface area (Å²) in [6.45, 7) is 3.45. The minimum absolute atomic E-state index is 0.0121. The number of sulfonamides is 1. The summed E-state index contributed by atoms with van der Waals surface area (Å²) in [6.07, 6.45) is 1.36. The Bertz CT molecular complexity index is 1310. The summed E-state index contributed by atoms with van der Waals surface area (Å²) in [5, 5.41) is 13.7. The van der Waals surface area contributed by atoms with Crippen LogP contribution in [0.4, 0.5) is 5.69 Å². The number of hydrogen-bond donors (Lipinski definition) is 2. The van der Waals surface area contributed by atoms with Gasteiger partial charge in [-0.3, -0.25) is 9.10 Å². The first-order valence-corrected chi connectivity index (χ1v) is 12.2. The highest BCUT2D eigenvalue weighted by atomic mass is 32.2. The summed E-state index contributed by atoms with van der Waals surface area (Å²) in [4.78, 5) is 12.8. The highest BCUT2D eigenvalue weighted by molar-refractivity contribution is 7.92. The third-order valence-corrected chi connectivity index (χ3v) is 6.68. The average Bonchev–Trinajstić information content (AvgIpc) is 2.85. The van der Waals surface area contributed by atoms with E-state index in [0.717, 1.165) is 9.87 Å². The number of aryl methyl sites for hydroxylation is 1. The lowest BCUT2D eigenvalue weighted by Crippen LogP contribution is -2.39. The van der Waals surface area contributed by atoms with Crippen LogP contribution in [0.5, 0.6) is 17.2 Å². The molecular weight excluding hydrogens is 470 g/mol. The third kappa shape index (κ3) is 6.30. The molecule has 0 saturated carbocycles. The van der Waals surface area contributed by atoms with Gasteiger partial charge >= 0.3 is 0 Å². The Labute approximate surface area is 204 Å². The molecule has 0 radical (unpaired) electrons. The number of methoxy groups -OCH3 is 1. The van der Waals surface area contributed by atoms with Gasteiger partial charge in [-0.15, -0.1) is 0 Å². The van der Waals surface area contributed by atoms with E-state index < -0.39 is 22.5 Å². The fourth-order valence-corrected chi connectivity index (χ4v) is 4.69. The van der Waals surface area contributed by atoms with E-state index in [9.17, 15) is 18.3 Å². The molecule has 3 aromatic rings. The number of amides is 1. The van der Waals surface area contributed by atoms with Crippen molar-refractivity contribution in [2.75, 3.05) is 24.6 Å². The minimum Gasteiger partial charge on any atom is -0.504 e. The van der Waals surface area contributed by atoms with Gasteiger partial charge in [-0.25, -0.2) is 13.8 Å². The molecule has 3 aromatic carbocycles. The molecule has 1 amide bonds. The van der Waals surface area contributed by atoms with Crippen molar-refractivity contribution in [1.82, 2.24) is 5.43 Å². The van der Waals surface area contributed by atoms with E-state index in [1.165, 1.54) is 31.5 Å². The summed E-state index contributed by atoms with van der Waals surface area (Å²) in [7, 11) is -2.67. The molecule has 3 rings (SSSR count). The Balaban J connectivity index is 1.87. The zero-order valence-corrected chi connectivity index (χ0v) is 20.5. The van der Waals surface area contributed by atoms with Crippen LogP contribution in [0.25, 0.3) is 0 Å². The van der Waals surface area contributed by atoms with Gasteiger partial charge < -0.3 is 14.6 Å². The Kier molecular flexibility index (Phi) is 8.32. The monoisotopic (exact) mass is 497 g/mol. The van der Waals surface area contributed by atoms with Crippen molar-refractivity contribution in [3.8, 4) is 17.2 Å². The van der Waals surface area contributed by atoms with Gasteiger partial charge in [-0.1, -0.05) is 24.3 Å². The highest BCUT2D eigenvalue weighted by Crippen LogP contribution is 2.33. The first kappa shape index (κ1) is 25.6. The topological polar surface area (TPSA) is 118 Å². The number of nitrogens with one attached hydrogen (secondary N) is 1. The van der Waals surface area contributed by atoms with E-state index in [2.05, 4.69) is 10.5 Å². The van der Waals surface area contributed by atoms with E-state index in [1.54, 1.807) is 55.5 Å². The van der Waals surface area contributed by atoms with Crippen molar-refractivity contribution in [3.63, 3.8) is 0 Å². The number of phenols is 1. The smallest absolute Gasteiger partial charge is 0.264 e. The number of carbonyl (C=O) groups excluding carboxylic acids is 1. The van der Waals surface area contributed by atoms with E-state index in [4.69, 9.17) is 9.47 Å². The molecule has 0 fully saturated rings. The van der Waals surface area contributed by atoms with Gasteiger partial charge in [0, 0.05) is 0 Å². The molecule has 10 heteroatoms. The van der Waals surface area contributed by atoms with Crippen LogP contribution in [0, 0.1) is 6.92 Å². The maximum absolute atomic E-state index is 13.5. The number of phenolic OH excluding ortho intramolecular Hbond substituents is 1. The number of benzene rings is 3. The van der Waals surface area contributed by atoms with Crippen molar-refractivity contribution in [2.45, 2.75) is 18.7 Å². The molecule has 9 nitrogen and oxygen atoms in total. The molecule has 0 heterocycles. The number of carbonyl (C=O) groups is 1. The predicted molar refractivity (Wildman–Crippen MR) is 134 cm³/mol.